The van der Waals surface area contributed by atoms with Gasteiger partial charge in [-0.15, -0.1) is 0 Å². The van der Waals surface area contributed by atoms with Crippen LogP contribution in [-0.4, -0.2) is 6.04 Å². The van der Waals surface area contributed by atoms with Gasteiger partial charge in [0.2, 0.25) is 0 Å². The van der Waals surface area contributed by atoms with Gasteiger partial charge in [-0.2, -0.15) is 0 Å². The molecular weight excluding hydrogens is 134 g/mol. The minimum atomic E-state index is 0.398. The van der Waals surface area contributed by atoms with E-state index in [1.807, 2.05) is 0 Å². The van der Waals surface area contributed by atoms with Crippen molar-refractivity contribution in [3.63, 3.8) is 0 Å². The highest BCUT2D eigenvalue weighted by Crippen LogP contribution is 2.39. The lowest BCUT2D eigenvalue weighted by Gasteiger charge is -2.36. The monoisotopic (exact) mass is 155 g/mol. The molecular formula is C10H21N. The molecule has 0 amide bonds. The Labute approximate surface area is 70.4 Å². The fraction of sp³-hybridized carbons (Fsp3) is 1.00. The van der Waals surface area contributed by atoms with Crippen molar-refractivity contribution < 1.29 is 0 Å². The molecule has 1 aliphatic carbocycles. The third-order valence-electron chi connectivity index (χ3n) is 2.99. The smallest absolute Gasteiger partial charge is 0.00389 e. The summed E-state index contributed by atoms with van der Waals surface area (Å²) in [6.45, 7) is 6.87. The van der Waals surface area contributed by atoms with Crippen LogP contribution in [0.1, 0.15) is 46.5 Å². The predicted molar refractivity (Wildman–Crippen MR) is 49.4 cm³/mol. The topological polar surface area (TPSA) is 26.0 Å². The zero-order chi connectivity index (χ0) is 8.48. The van der Waals surface area contributed by atoms with Crippen molar-refractivity contribution in [1.82, 2.24) is 0 Å². The molecule has 1 unspecified atom stereocenters. The van der Waals surface area contributed by atoms with Crippen LogP contribution in [0.2, 0.25) is 0 Å². The summed E-state index contributed by atoms with van der Waals surface area (Å²) >= 11 is 0. The molecule has 2 atom stereocenters. The van der Waals surface area contributed by atoms with E-state index < -0.39 is 0 Å². The second-order valence-corrected chi connectivity index (χ2v) is 4.88. The first-order valence-corrected chi connectivity index (χ1v) is 4.77. The highest BCUT2D eigenvalue weighted by molar-refractivity contribution is 4.82. The Hall–Kier alpha value is -0.0400. The maximum Gasteiger partial charge on any atom is 0.00389 e. The van der Waals surface area contributed by atoms with Crippen LogP contribution >= 0.6 is 0 Å². The highest BCUT2D eigenvalue weighted by Gasteiger charge is 2.29. The van der Waals surface area contributed by atoms with E-state index in [9.17, 15) is 0 Å². The Morgan fingerprint density at radius 3 is 2.45 bits per heavy atom. The van der Waals surface area contributed by atoms with Crippen molar-refractivity contribution in [3.05, 3.63) is 0 Å². The lowest BCUT2D eigenvalue weighted by Crippen LogP contribution is -2.33. The van der Waals surface area contributed by atoms with Gasteiger partial charge in [-0.05, 0) is 37.5 Å². The molecule has 0 aromatic heterocycles. The predicted octanol–water partition coefficient (Wildman–Crippen LogP) is 2.55. The van der Waals surface area contributed by atoms with Crippen molar-refractivity contribution in [3.8, 4) is 0 Å². The molecule has 0 radical (unpaired) electrons. The van der Waals surface area contributed by atoms with Crippen LogP contribution in [0.25, 0.3) is 0 Å². The zero-order valence-electron chi connectivity index (χ0n) is 8.06. The van der Waals surface area contributed by atoms with E-state index in [0.717, 1.165) is 5.92 Å². The molecule has 0 aromatic carbocycles. The van der Waals surface area contributed by atoms with Crippen LogP contribution in [0.4, 0.5) is 0 Å². The van der Waals surface area contributed by atoms with Crippen LogP contribution < -0.4 is 5.73 Å². The zero-order valence-corrected chi connectivity index (χ0v) is 8.06. The number of hydrogen-bond donors (Lipinski definition) is 1. The van der Waals surface area contributed by atoms with Crippen molar-refractivity contribution in [1.29, 1.82) is 0 Å². The van der Waals surface area contributed by atoms with Gasteiger partial charge in [0, 0.05) is 6.04 Å². The number of rotatable bonds is 1. The molecule has 0 saturated heterocycles. The largest absolute Gasteiger partial charge is 0.328 e. The number of nitrogens with two attached hydrogens (primary N) is 1. The Balaban J connectivity index is 2.46. The second-order valence-electron chi connectivity index (χ2n) is 4.88. The second kappa shape index (κ2) is 3.14. The van der Waals surface area contributed by atoms with Crippen LogP contribution in [0.15, 0.2) is 0 Å². The molecule has 1 aliphatic rings. The molecule has 66 valence electrons. The molecule has 1 saturated carbocycles. The van der Waals surface area contributed by atoms with Crippen molar-refractivity contribution in [2.75, 3.05) is 0 Å². The maximum absolute atomic E-state index is 5.89. The minimum absolute atomic E-state index is 0.398. The van der Waals surface area contributed by atoms with Gasteiger partial charge in [-0.3, -0.25) is 0 Å². The van der Waals surface area contributed by atoms with Crippen LogP contribution in [0.3, 0.4) is 0 Å². The Morgan fingerprint density at radius 1 is 1.45 bits per heavy atom. The summed E-state index contributed by atoms with van der Waals surface area (Å²) in [4.78, 5) is 0. The van der Waals surface area contributed by atoms with E-state index in [-0.39, 0.29) is 0 Å². The van der Waals surface area contributed by atoms with Gasteiger partial charge in [0.1, 0.15) is 0 Å². The lowest BCUT2D eigenvalue weighted by molar-refractivity contribution is 0.164. The molecule has 11 heavy (non-hydrogen) atoms. The first-order chi connectivity index (χ1) is 5.01. The first-order valence-electron chi connectivity index (χ1n) is 4.77. The third-order valence-corrected chi connectivity index (χ3v) is 2.99. The van der Waals surface area contributed by atoms with Gasteiger partial charge in [0.05, 0.1) is 0 Å². The van der Waals surface area contributed by atoms with Crippen LogP contribution in [0.5, 0.6) is 0 Å². The molecule has 1 fully saturated rings. The summed E-state index contributed by atoms with van der Waals surface area (Å²) < 4.78 is 0. The summed E-state index contributed by atoms with van der Waals surface area (Å²) in [5, 5.41) is 0. The molecule has 1 heteroatoms. The van der Waals surface area contributed by atoms with Crippen LogP contribution in [0, 0.1) is 11.3 Å². The summed E-state index contributed by atoms with van der Waals surface area (Å²) in [5.41, 5.74) is 6.44. The molecule has 0 heterocycles. The van der Waals surface area contributed by atoms with Crippen LogP contribution in [-0.2, 0) is 0 Å². The SMILES string of the molecule is C[C@H](N)C1CCCC(C)(C)C1. The Kier molecular flexibility index (Phi) is 2.58. The van der Waals surface area contributed by atoms with Gasteiger partial charge in [0.15, 0.2) is 0 Å². The minimum Gasteiger partial charge on any atom is -0.328 e. The van der Waals surface area contributed by atoms with Gasteiger partial charge < -0.3 is 5.73 Å². The molecule has 1 rings (SSSR count). The molecule has 2 N–H and O–H groups in total. The lowest BCUT2D eigenvalue weighted by atomic mass is 9.70. The van der Waals surface area contributed by atoms with E-state index in [2.05, 4.69) is 20.8 Å². The molecule has 0 aliphatic heterocycles. The van der Waals surface area contributed by atoms with Crippen molar-refractivity contribution in [2.24, 2.45) is 17.1 Å². The average Bonchev–Trinajstić information content (AvgIpc) is 1.85. The summed E-state index contributed by atoms with van der Waals surface area (Å²) in [5.74, 6) is 0.777. The molecule has 0 aromatic rings. The summed E-state index contributed by atoms with van der Waals surface area (Å²) in [6.07, 6.45) is 5.43. The number of hydrogen-bond acceptors (Lipinski definition) is 1. The normalized spacial score (nSPS) is 33.3. The highest BCUT2D eigenvalue weighted by atomic mass is 14.6. The van der Waals surface area contributed by atoms with E-state index in [0.29, 0.717) is 11.5 Å². The van der Waals surface area contributed by atoms with E-state index in [1.54, 1.807) is 0 Å². The van der Waals surface area contributed by atoms with E-state index >= 15 is 0 Å². The average molecular weight is 155 g/mol. The molecule has 0 bridgehead atoms. The van der Waals surface area contributed by atoms with Gasteiger partial charge in [0.25, 0.3) is 0 Å². The van der Waals surface area contributed by atoms with Gasteiger partial charge in [-0.25, -0.2) is 0 Å². The Bertz CT molecular complexity index is 127. The third kappa shape index (κ3) is 2.48. The summed E-state index contributed by atoms with van der Waals surface area (Å²) in [6, 6.07) is 0.398. The standard InChI is InChI=1S/C10H21N/c1-8(11)9-5-4-6-10(2,3)7-9/h8-9H,4-7,11H2,1-3H3/t8-,9?/m0/s1. The molecule has 0 spiro atoms. The van der Waals surface area contributed by atoms with Crippen molar-refractivity contribution >= 4 is 0 Å². The summed E-state index contributed by atoms with van der Waals surface area (Å²) in [7, 11) is 0. The van der Waals surface area contributed by atoms with E-state index in [1.165, 1.54) is 25.7 Å². The first kappa shape index (κ1) is 9.05. The fourth-order valence-electron chi connectivity index (χ4n) is 2.21. The van der Waals surface area contributed by atoms with E-state index in [4.69, 9.17) is 5.73 Å². The molecule has 1 nitrogen and oxygen atoms in total. The Morgan fingerprint density at radius 2 is 2.09 bits per heavy atom. The van der Waals surface area contributed by atoms with Gasteiger partial charge in [-0.1, -0.05) is 20.3 Å². The quantitative estimate of drug-likeness (QED) is 0.618. The maximum atomic E-state index is 5.89. The fourth-order valence-corrected chi connectivity index (χ4v) is 2.21. The van der Waals surface area contributed by atoms with Gasteiger partial charge >= 0.3 is 0 Å². The van der Waals surface area contributed by atoms with Crippen molar-refractivity contribution in [2.45, 2.75) is 52.5 Å².